The number of anilines is 1. The summed E-state index contributed by atoms with van der Waals surface area (Å²) in [6.45, 7) is 1.39. The van der Waals surface area contributed by atoms with Crippen LogP contribution in [0.25, 0.3) is 10.9 Å². The molecule has 1 aliphatic heterocycles. The molecule has 5 heteroatoms. The largest absolute Gasteiger partial charge is 0.478 e. The van der Waals surface area contributed by atoms with Crippen molar-refractivity contribution in [3.8, 4) is 0 Å². The molecule has 2 heterocycles. The molecule has 0 amide bonds. The van der Waals surface area contributed by atoms with Crippen LogP contribution < -0.4 is 4.90 Å². The Morgan fingerprint density at radius 1 is 1.40 bits per heavy atom. The van der Waals surface area contributed by atoms with E-state index in [1.165, 1.54) is 12.3 Å². The smallest absolute Gasteiger partial charge is 0.336 e. The van der Waals surface area contributed by atoms with E-state index in [1.807, 2.05) is 18.2 Å². The monoisotopic (exact) mass is 274 g/mol. The predicted octanol–water partition coefficient (Wildman–Crippen LogP) is 2.73. The van der Waals surface area contributed by atoms with Crippen molar-refractivity contribution in [1.82, 2.24) is 4.98 Å². The van der Waals surface area contributed by atoms with Crippen molar-refractivity contribution < 1.29 is 14.3 Å². The summed E-state index contributed by atoms with van der Waals surface area (Å²) in [5, 5.41) is 9.86. The second kappa shape index (κ2) is 5.07. The van der Waals surface area contributed by atoms with E-state index in [2.05, 4.69) is 9.88 Å². The van der Waals surface area contributed by atoms with Gasteiger partial charge in [0.05, 0.1) is 17.8 Å². The number of carboxylic acid groups (broad SMARTS) is 1. The topological polar surface area (TPSA) is 53.4 Å². The normalized spacial score (nSPS) is 15.3. The summed E-state index contributed by atoms with van der Waals surface area (Å²) < 4.78 is 12.3. The van der Waals surface area contributed by atoms with Crippen LogP contribution in [-0.4, -0.2) is 35.8 Å². The summed E-state index contributed by atoms with van der Waals surface area (Å²) in [7, 11) is 0. The molecule has 1 aromatic heterocycles. The maximum atomic E-state index is 12.3. The van der Waals surface area contributed by atoms with Gasteiger partial charge in [-0.25, -0.2) is 4.79 Å². The van der Waals surface area contributed by atoms with E-state index in [9.17, 15) is 14.3 Å². The van der Waals surface area contributed by atoms with Crippen molar-refractivity contribution in [2.24, 2.45) is 5.92 Å². The number of carbonyl (C=O) groups is 1. The number of fused-ring (bicyclic) bond motifs is 1. The Balaban J connectivity index is 1.91. The Hall–Kier alpha value is -2.17. The fraction of sp³-hybridized carbons (Fsp3) is 0.333. The number of alkyl halides is 1. The van der Waals surface area contributed by atoms with E-state index in [0.717, 1.165) is 18.8 Å². The molecule has 1 saturated heterocycles. The van der Waals surface area contributed by atoms with Crippen LogP contribution in [0.3, 0.4) is 0 Å². The molecule has 1 aliphatic rings. The van der Waals surface area contributed by atoms with Gasteiger partial charge in [0, 0.05) is 30.4 Å². The lowest BCUT2D eigenvalue weighted by Gasteiger charge is -2.41. The lowest BCUT2D eigenvalue weighted by Crippen LogP contribution is -2.46. The highest BCUT2D eigenvalue weighted by molar-refractivity contribution is 6.03. The molecular formula is C15H15FN2O2. The highest BCUT2D eigenvalue weighted by atomic mass is 19.1. The van der Waals surface area contributed by atoms with E-state index in [0.29, 0.717) is 23.2 Å². The van der Waals surface area contributed by atoms with Crippen molar-refractivity contribution in [3.05, 3.63) is 36.0 Å². The molecule has 3 rings (SSSR count). The molecule has 0 atom stereocenters. The van der Waals surface area contributed by atoms with E-state index in [1.54, 1.807) is 0 Å². The summed E-state index contributed by atoms with van der Waals surface area (Å²) in [4.78, 5) is 17.6. The number of aromatic carboxylic acids is 1. The van der Waals surface area contributed by atoms with E-state index in [-0.39, 0.29) is 12.2 Å². The van der Waals surface area contributed by atoms with E-state index in [4.69, 9.17) is 0 Å². The fourth-order valence-electron chi connectivity index (χ4n) is 2.63. The standard InChI is InChI=1S/C15H15FN2O2/c16-5-3-10-8-18(9-10)11-1-2-14-13(7-11)12(15(19)20)4-6-17-14/h1-2,4,6-7,10H,3,5,8-9H2,(H,19,20). The van der Waals surface area contributed by atoms with Crippen LogP contribution in [0.2, 0.25) is 0 Å². The summed E-state index contributed by atoms with van der Waals surface area (Å²) in [5.41, 5.74) is 1.91. The van der Waals surface area contributed by atoms with Gasteiger partial charge >= 0.3 is 5.97 Å². The molecule has 0 saturated carbocycles. The van der Waals surface area contributed by atoms with Crippen LogP contribution in [0.1, 0.15) is 16.8 Å². The molecule has 0 unspecified atom stereocenters. The fourth-order valence-corrected chi connectivity index (χ4v) is 2.63. The van der Waals surface area contributed by atoms with Gasteiger partial charge in [-0.3, -0.25) is 9.37 Å². The zero-order valence-corrected chi connectivity index (χ0v) is 10.9. The second-order valence-electron chi connectivity index (χ2n) is 5.11. The van der Waals surface area contributed by atoms with E-state index >= 15 is 0 Å². The Bertz CT molecular complexity index is 653. The van der Waals surface area contributed by atoms with Gasteiger partial charge in [0.1, 0.15) is 0 Å². The maximum Gasteiger partial charge on any atom is 0.336 e. The molecule has 4 nitrogen and oxygen atoms in total. The average Bonchev–Trinajstić information content (AvgIpc) is 2.41. The summed E-state index contributed by atoms with van der Waals surface area (Å²) in [6, 6.07) is 7.14. The molecule has 1 N–H and O–H groups in total. The van der Waals surface area contributed by atoms with Crippen LogP contribution in [0.4, 0.5) is 10.1 Å². The van der Waals surface area contributed by atoms with Crippen molar-refractivity contribution in [1.29, 1.82) is 0 Å². The molecule has 0 radical (unpaired) electrons. The first-order valence-electron chi connectivity index (χ1n) is 6.62. The van der Waals surface area contributed by atoms with Crippen LogP contribution in [0.15, 0.2) is 30.5 Å². The number of hydrogen-bond donors (Lipinski definition) is 1. The molecule has 20 heavy (non-hydrogen) atoms. The van der Waals surface area contributed by atoms with Gasteiger partial charge in [0.2, 0.25) is 0 Å². The number of aromatic nitrogens is 1. The van der Waals surface area contributed by atoms with Crippen molar-refractivity contribution in [2.45, 2.75) is 6.42 Å². The first-order valence-corrected chi connectivity index (χ1v) is 6.62. The van der Waals surface area contributed by atoms with Crippen molar-refractivity contribution in [3.63, 3.8) is 0 Å². The third-order valence-electron chi connectivity index (χ3n) is 3.80. The first kappa shape index (κ1) is 12.8. The van der Waals surface area contributed by atoms with Crippen LogP contribution in [0, 0.1) is 5.92 Å². The lowest BCUT2D eigenvalue weighted by atomic mass is 9.95. The molecule has 0 aliphatic carbocycles. The second-order valence-corrected chi connectivity index (χ2v) is 5.11. The number of hydrogen-bond acceptors (Lipinski definition) is 3. The Kier molecular flexibility index (Phi) is 3.26. The zero-order chi connectivity index (χ0) is 14.1. The molecule has 1 fully saturated rings. The van der Waals surface area contributed by atoms with Crippen molar-refractivity contribution >= 4 is 22.6 Å². The summed E-state index contributed by atoms with van der Waals surface area (Å²) in [6.07, 6.45) is 2.11. The Labute approximate surface area is 115 Å². The highest BCUT2D eigenvalue weighted by Gasteiger charge is 2.26. The number of pyridine rings is 1. The maximum absolute atomic E-state index is 12.3. The minimum atomic E-state index is -0.950. The minimum absolute atomic E-state index is 0.262. The predicted molar refractivity (Wildman–Crippen MR) is 75.0 cm³/mol. The van der Waals surface area contributed by atoms with Crippen molar-refractivity contribution in [2.75, 3.05) is 24.7 Å². The first-order chi connectivity index (χ1) is 9.69. The van der Waals surface area contributed by atoms with Crippen LogP contribution in [-0.2, 0) is 0 Å². The molecule has 104 valence electrons. The molecule has 0 spiro atoms. The third kappa shape index (κ3) is 2.19. The molecular weight excluding hydrogens is 259 g/mol. The number of nitrogens with zero attached hydrogens (tertiary/aromatic N) is 2. The molecule has 1 aromatic carbocycles. The third-order valence-corrected chi connectivity index (χ3v) is 3.80. The quantitative estimate of drug-likeness (QED) is 0.931. The minimum Gasteiger partial charge on any atom is -0.478 e. The number of rotatable bonds is 4. The summed E-state index contributed by atoms with van der Waals surface area (Å²) in [5.74, 6) is -0.544. The molecule has 2 aromatic rings. The number of benzene rings is 1. The van der Waals surface area contributed by atoms with Crippen LogP contribution >= 0.6 is 0 Å². The highest BCUT2D eigenvalue weighted by Crippen LogP contribution is 2.30. The Morgan fingerprint density at radius 2 is 2.20 bits per heavy atom. The zero-order valence-electron chi connectivity index (χ0n) is 10.9. The Morgan fingerprint density at radius 3 is 2.90 bits per heavy atom. The van der Waals surface area contributed by atoms with E-state index < -0.39 is 5.97 Å². The number of halogens is 1. The molecule has 0 bridgehead atoms. The SMILES string of the molecule is O=C(O)c1ccnc2ccc(N3CC(CCF)C3)cc12. The van der Waals surface area contributed by atoms with Gasteiger partial charge < -0.3 is 10.0 Å². The summed E-state index contributed by atoms with van der Waals surface area (Å²) >= 11 is 0. The van der Waals surface area contributed by atoms with Gasteiger partial charge in [0.25, 0.3) is 0 Å². The number of carboxylic acids is 1. The average molecular weight is 274 g/mol. The van der Waals surface area contributed by atoms with Gasteiger partial charge in [-0.2, -0.15) is 0 Å². The van der Waals surface area contributed by atoms with Gasteiger partial charge in [-0.15, -0.1) is 0 Å². The lowest BCUT2D eigenvalue weighted by molar-refractivity contribution is 0.0699. The van der Waals surface area contributed by atoms with Gasteiger partial charge in [0.15, 0.2) is 0 Å². The van der Waals surface area contributed by atoms with Gasteiger partial charge in [-0.05, 0) is 36.6 Å². The van der Waals surface area contributed by atoms with Gasteiger partial charge in [-0.1, -0.05) is 0 Å². The van der Waals surface area contributed by atoms with Crippen LogP contribution in [0.5, 0.6) is 0 Å².